The lowest BCUT2D eigenvalue weighted by molar-refractivity contribution is -0.483. The van der Waals surface area contributed by atoms with Crippen molar-refractivity contribution in [1.82, 2.24) is 9.97 Å². The lowest BCUT2D eigenvalue weighted by Crippen LogP contribution is -2.27. The van der Waals surface area contributed by atoms with Gasteiger partial charge in [0, 0.05) is 34.4 Å². The van der Waals surface area contributed by atoms with Crippen LogP contribution in [0.2, 0.25) is 0 Å². The molecule has 0 fully saturated rings. The molecule has 2 aromatic heterocycles. The van der Waals surface area contributed by atoms with Gasteiger partial charge in [-0.05, 0) is 23.3 Å². The molecular weight excluding hydrogens is 322 g/mol. The summed E-state index contributed by atoms with van der Waals surface area (Å²) < 4.78 is 4.97. The van der Waals surface area contributed by atoms with E-state index in [0.717, 1.165) is 10.9 Å². The minimum Gasteiger partial charge on any atom is -0.469 e. The Morgan fingerprint density at radius 3 is 2.80 bits per heavy atom. The van der Waals surface area contributed by atoms with Gasteiger partial charge in [0.05, 0.1) is 18.9 Å². The Kier molecular flexibility index (Phi) is 4.74. The second-order valence-corrected chi connectivity index (χ2v) is 5.70. The predicted octanol–water partition coefficient (Wildman–Crippen LogP) is 2.88. The van der Waals surface area contributed by atoms with Gasteiger partial charge in [0.25, 0.3) is 0 Å². The van der Waals surface area contributed by atoms with Crippen LogP contribution in [0.5, 0.6) is 0 Å². The van der Waals surface area contributed by atoms with Gasteiger partial charge < -0.3 is 9.72 Å². The van der Waals surface area contributed by atoms with Crippen LogP contribution < -0.4 is 0 Å². The number of pyridine rings is 1. The van der Waals surface area contributed by atoms with E-state index >= 15 is 0 Å². The Labute approximate surface area is 143 Å². The van der Waals surface area contributed by atoms with E-state index in [0.29, 0.717) is 11.1 Å². The SMILES string of the molecule is COC(=O)C(c1c[nH]c2ccccc12)C(C[N+](=O)[O-])c1cccnc1. The number of H-pyrrole nitrogens is 1. The Hall–Kier alpha value is -3.22. The molecule has 2 heterocycles. The van der Waals surface area contributed by atoms with Crippen LogP contribution in [-0.2, 0) is 9.53 Å². The standard InChI is InChI=1S/C18H17N3O4/c1-25-18(22)17(14-10-20-16-7-3-2-6-13(14)16)15(11-21(23)24)12-5-4-8-19-9-12/h2-10,15,17,20H,11H2,1H3. The molecule has 3 rings (SSSR count). The summed E-state index contributed by atoms with van der Waals surface area (Å²) in [6.07, 6.45) is 4.86. The maximum Gasteiger partial charge on any atom is 0.314 e. The summed E-state index contributed by atoms with van der Waals surface area (Å²) >= 11 is 0. The number of nitrogens with zero attached hydrogens (tertiary/aromatic N) is 2. The highest BCUT2D eigenvalue weighted by molar-refractivity contribution is 5.90. The predicted molar refractivity (Wildman–Crippen MR) is 91.9 cm³/mol. The molecule has 0 saturated heterocycles. The molecule has 0 aliphatic rings. The average Bonchev–Trinajstić information content (AvgIpc) is 3.05. The van der Waals surface area contributed by atoms with Gasteiger partial charge in [-0.1, -0.05) is 24.3 Å². The first-order valence-corrected chi connectivity index (χ1v) is 7.77. The number of aromatic amines is 1. The number of hydrogen-bond acceptors (Lipinski definition) is 5. The van der Waals surface area contributed by atoms with Crippen molar-refractivity contribution in [1.29, 1.82) is 0 Å². The number of para-hydroxylation sites is 1. The summed E-state index contributed by atoms with van der Waals surface area (Å²) in [4.78, 5) is 30.6. The molecule has 0 aliphatic heterocycles. The number of esters is 1. The number of aromatic nitrogens is 2. The molecule has 1 aromatic carbocycles. The van der Waals surface area contributed by atoms with E-state index in [1.165, 1.54) is 7.11 Å². The van der Waals surface area contributed by atoms with Gasteiger partial charge in [0.1, 0.15) is 0 Å². The van der Waals surface area contributed by atoms with Crippen molar-refractivity contribution < 1.29 is 14.5 Å². The molecule has 25 heavy (non-hydrogen) atoms. The van der Waals surface area contributed by atoms with Crippen LogP contribution in [0, 0.1) is 10.1 Å². The third-order valence-electron chi connectivity index (χ3n) is 4.27. The second kappa shape index (κ2) is 7.12. The first-order chi connectivity index (χ1) is 12.1. The van der Waals surface area contributed by atoms with E-state index in [2.05, 4.69) is 9.97 Å². The van der Waals surface area contributed by atoms with Gasteiger partial charge >= 0.3 is 5.97 Å². The molecule has 0 amide bonds. The van der Waals surface area contributed by atoms with Crippen LogP contribution in [0.15, 0.2) is 55.0 Å². The molecule has 2 atom stereocenters. The minimum atomic E-state index is -0.809. The minimum absolute atomic E-state index is 0.398. The molecule has 7 heteroatoms. The number of benzene rings is 1. The number of hydrogen-bond donors (Lipinski definition) is 1. The molecule has 0 bridgehead atoms. The zero-order valence-electron chi connectivity index (χ0n) is 13.6. The van der Waals surface area contributed by atoms with Crippen molar-refractivity contribution in [2.45, 2.75) is 11.8 Å². The molecule has 0 saturated carbocycles. The summed E-state index contributed by atoms with van der Waals surface area (Å²) in [6, 6.07) is 11.0. The first-order valence-electron chi connectivity index (χ1n) is 7.77. The fraction of sp³-hybridized carbons (Fsp3) is 0.222. The number of ether oxygens (including phenoxy) is 1. The summed E-state index contributed by atoms with van der Waals surface area (Å²) in [5.41, 5.74) is 2.16. The highest BCUT2D eigenvalue weighted by atomic mass is 16.6. The van der Waals surface area contributed by atoms with Crippen molar-refractivity contribution >= 4 is 16.9 Å². The van der Waals surface area contributed by atoms with Gasteiger partial charge in [-0.2, -0.15) is 0 Å². The summed E-state index contributed by atoms with van der Waals surface area (Å²) in [5, 5.41) is 12.1. The van der Waals surface area contributed by atoms with E-state index < -0.39 is 29.3 Å². The molecule has 7 nitrogen and oxygen atoms in total. The molecular formula is C18H17N3O4. The van der Waals surface area contributed by atoms with Gasteiger partial charge in [-0.25, -0.2) is 0 Å². The largest absolute Gasteiger partial charge is 0.469 e. The number of nitrogens with one attached hydrogen (secondary N) is 1. The molecule has 0 radical (unpaired) electrons. The van der Waals surface area contributed by atoms with Crippen LogP contribution in [0.25, 0.3) is 10.9 Å². The van der Waals surface area contributed by atoms with E-state index in [1.54, 1.807) is 30.7 Å². The maximum absolute atomic E-state index is 12.6. The summed E-state index contributed by atoms with van der Waals surface area (Å²) in [7, 11) is 1.29. The third kappa shape index (κ3) is 3.35. The summed E-state index contributed by atoms with van der Waals surface area (Å²) in [6.45, 7) is -0.398. The fourth-order valence-electron chi connectivity index (χ4n) is 3.15. The monoisotopic (exact) mass is 339 g/mol. The van der Waals surface area contributed by atoms with Gasteiger partial charge in [-0.3, -0.25) is 19.9 Å². The van der Waals surface area contributed by atoms with Crippen LogP contribution >= 0.6 is 0 Å². The Bertz CT molecular complexity index is 891. The lowest BCUT2D eigenvalue weighted by Gasteiger charge is -2.22. The van der Waals surface area contributed by atoms with Crippen molar-refractivity contribution in [2.24, 2.45) is 0 Å². The second-order valence-electron chi connectivity index (χ2n) is 5.70. The van der Waals surface area contributed by atoms with Crippen molar-refractivity contribution in [2.75, 3.05) is 13.7 Å². The van der Waals surface area contributed by atoms with Gasteiger partial charge in [0.15, 0.2) is 0 Å². The van der Waals surface area contributed by atoms with E-state index in [1.807, 2.05) is 24.3 Å². The molecule has 1 N–H and O–H groups in total. The number of methoxy groups -OCH3 is 1. The van der Waals surface area contributed by atoms with Crippen LogP contribution in [0.3, 0.4) is 0 Å². The first kappa shape index (κ1) is 16.6. The lowest BCUT2D eigenvalue weighted by atomic mass is 9.81. The number of carbonyl (C=O) groups is 1. The highest BCUT2D eigenvalue weighted by Crippen LogP contribution is 2.37. The molecule has 128 valence electrons. The van der Waals surface area contributed by atoms with Crippen LogP contribution in [0.1, 0.15) is 23.0 Å². The van der Waals surface area contributed by atoms with Gasteiger partial charge in [0.2, 0.25) is 6.54 Å². The van der Waals surface area contributed by atoms with Crippen molar-refractivity contribution in [3.63, 3.8) is 0 Å². The zero-order chi connectivity index (χ0) is 17.8. The molecule has 0 aliphatic carbocycles. The number of carbonyl (C=O) groups excluding carboxylic acids is 1. The van der Waals surface area contributed by atoms with Gasteiger partial charge in [-0.15, -0.1) is 0 Å². The Morgan fingerprint density at radius 2 is 2.12 bits per heavy atom. The van der Waals surface area contributed by atoms with Crippen molar-refractivity contribution in [3.05, 3.63) is 76.2 Å². The Balaban J connectivity index is 2.15. The van der Waals surface area contributed by atoms with Crippen molar-refractivity contribution in [3.8, 4) is 0 Å². The van der Waals surface area contributed by atoms with Crippen LogP contribution in [0.4, 0.5) is 0 Å². The fourth-order valence-corrected chi connectivity index (χ4v) is 3.15. The maximum atomic E-state index is 12.6. The topological polar surface area (TPSA) is 98.1 Å². The molecule has 2 unspecified atom stereocenters. The number of rotatable bonds is 6. The Morgan fingerprint density at radius 1 is 1.32 bits per heavy atom. The van der Waals surface area contributed by atoms with Crippen LogP contribution in [-0.4, -0.2) is 34.5 Å². The molecule has 3 aromatic rings. The zero-order valence-corrected chi connectivity index (χ0v) is 13.6. The molecule has 0 spiro atoms. The quantitative estimate of drug-likeness (QED) is 0.423. The smallest absolute Gasteiger partial charge is 0.314 e. The summed E-state index contributed by atoms with van der Waals surface area (Å²) in [5.74, 6) is -2.01. The van der Waals surface area contributed by atoms with E-state index in [4.69, 9.17) is 4.74 Å². The highest BCUT2D eigenvalue weighted by Gasteiger charge is 2.37. The average molecular weight is 339 g/mol. The van der Waals surface area contributed by atoms with E-state index in [-0.39, 0.29) is 0 Å². The number of fused-ring (bicyclic) bond motifs is 1. The normalized spacial score (nSPS) is 13.3. The number of nitro groups is 1. The third-order valence-corrected chi connectivity index (χ3v) is 4.27. The van der Waals surface area contributed by atoms with E-state index in [9.17, 15) is 14.9 Å².